The zero-order valence-corrected chi connectivity index (χ0v) is 17.1. The van der Waals surface area contributed by atoms with Crippen LogP contribution in [0.15, 0.2) is 52.1 Å². The molecule has 0 saturated carbocycles. The lowest BCUT2D eigenvalue weighted by Crippen LogP contribution is -2.39. The Kier molecular flexibility index (Phi) is 10.6. The van der Waals surface area contributed by atoms with Crippen molar-refractivity contribution in [3.8, 4) is 5.75 Å². The summed E-state index contributed by atoms with van der Waals surface area (Å²) < 4.78 is 16.2. The maximum atomic E-state index is 5.61. The number of aliphatic imine (C=N–C) groups is 1. The summed E-state index contributed by atoms with van der Waals surface area (Å²) in [6, 6.07) is 11.9. The van der Waals surface area contributed by atoms with E-state index in [0.717, 1.165) is 68.6 Å². The van der Waals surface area contributed by atoms with Gasteiger partial charge in [-0.2, -0.15) is 0 Å². The predicted molar refractivity (Wildman–Crippen MR) is 113 cm³/mol. The molecule has 0 radical (unpaired) electrons. The minimum atomic E-state index is 0.604. The molecule has 2 N–H and O–H groups in total. The third-order valence-corrected chi connectivity index (χ3v) is 4.22. The van der Waals surface area contributed by atoms with E-state index in [1.807, 2.05) is 36.4 Å². The molecule has 0 unspecified atom stereocenters. The van der Waals surface area contributed by atoms with Gasteiger partial charge in [0.15, 0.2) is 5.96 Å². The molecule has 0 atom stereocenters. The van der Waals surface area contributed by atoms with E-state index in [0.29, 0.717) is 6.54 Å². The zero-order chi connectivity index (χ0) is 19.9. The molecule has 154 valence electrons. The molecule has 1 heterocycles. The number of methoxy groups -OCH3 is 1. The summed E-state index contributed by atoms with van der Waals surface area (Å²) >= 11 is 0. The molecule has 0 aliphatic heterocycles. The van der Waals surface area contributed by atoms with E-state index in [4.69, 9.17) is 18.9 Å². The maximum absolute atomic E-state index is 5.61. The first kappa shape index (κ1) is 21.8. The lowest BCUT2D eigenvalue weighted by atomic mass is 10.2. The molecular weight excluding hydrogens is 354 g/mol. The summed E-state index contributed by atoms with van der Waals surface area (Å²) in [5, 5.41) is 6.76. The average Bonchev–Trinajstić information content (AvgIpc) is 3.24. The normalized spacial score (nSPS) is 11.4. The van der Waals surface area contributed by atoms with Crippen LogP contribution < -0.4 is 15.4 Å². The van der Waals surface area contributed by atoms with Crippen LogP contribution in [0.25, 0.3) is 0 Å². The van der Waals surface area contributed by atoms with E-state index in [1.165, 1.54) is 6.42 Å². The van der Waals surface area contributed by atoms with Gasteiger partial charge in [0, 0.05) is 32.7 Å². The third-order valence-electron chi connectivity index (χ3n) is 4.22. The Balaban J connectivity index is 1.79. The van der Waals surface area contributed by atoms with Gasteiger partial charge in [-0.15, -0.1) is 0 Å². The smallest absolute Gasteiger partial charge is 0.191 e. The minimum absolute atomic E-state index is 0.604. The van der Waals surface area contributed by atoms with E-state index in [2.05, 4.69) is 17.6 Å². The predicted octanol–water partition coefficient (Wildman–Crippen LogP) is 3.77. The number of ether oxygens (including phenoxy) is 2. The molecule has 0 bridgehead atoms. The van der Waals surface area contributed by atoms with Crippen LogP contribution in [0.2, 0.25) is 0 Å². The lowest BCUT2D eigenvalue weighted by molar-refractivity contribution is 0.129. The first-order chi connectivity index (χ1) is 13.8. The van der Waals surface area contributed by atoms with Gasteiger partial charge in [0.2, 0.25) is 0 Å². The molecule has 2 rings (SSSR count). The molecule has 28 heavy (non-hydrogen) atoms. The van der Waals surface area contributed by atoms with Crippen LogP contribution in [-0.4, -0.2) is 39.4 Å². The molecule has 6 nitrogen and oxygen atoms in total. The van der Waals surface area contributed by atoms with Gasteiger partial charge in [0.05, 0.1) is 19.9 Å². The number of hydrogen-bond donors (Lipinski definition) is 2. The summed E-state index contributed by atoms with van der Waals surface area (Å²) in [4.78, 5) is 4.70. The van der Waals surface area contributed by atoms with Crippen LogP contribution in [0, 0.1) is 0 Å². The number of rotatable bonds is 13. The van der Waals surface area contributed by atoms with E-state index in [-0.39, 0.29) is 0 Å². The van der Waals surface area contributed by atoms with Crippen molar-refractivity contribution in [2.75, 3.05) is 33.4 Å². The number of furan rings is 1. The highest BCUT2D eigenvalue weighted by Gasteiger charge is 2.01. The SMILES string of the molecule is CCCCOCCCNC(=NCc1ccc(OC)cc1)NCCc1ccco1. The first-order valence-corrected chi connectivity index (χ1v) is 10.1. The Labute approximate surface area is 168 Å². The second-order valence-electron chi connectivity index (χ2n) is 6.52. The van der Waals surface area contributed by atoms with E-state index >= 15 is 0 Å². The van der Waals surface area contributed by atoms with Gasteiger partial charge < -0.3 is 24.5 Å². The summed E-state index contributed by atoms with van der Waals surface area (Å²) in [6.45, 7) is 5.97. The zero-order valence-electron chi connectivity index (χ0n) is 17.1. The fourth-order valence-electron chi connectivity index (χ4n) is 2.56. The van der Waals surface area contributed by atoms with Gasteiger partial charge in [-0.3, -0.25) is 0 Å². The standard InChI is InChI=1S/C22H33N3O3/c1-3-4-15-27-16-6-13-23-22(24-14-12-21-7-5-17-28-21)25-18-19-8-10-20(26-2)11-9-19/h5,7-11,17H,3-4,6,12-16,18H2,1-2H3,(H2,23,24,25). The monoisotopic (exact) mass is 387 g/mol. The Morgan fingerprint density at radius 2 is 1.82 bits per heavy atom. The van der Waals surface area contributed by atoms with Crippen molar-refractivity contribution in [1.29, 1.82) is 0 Å². The highest BCUT2D eigenvalue weighted by atomic mass is 16.5. The van der Waals surface area contributed by atoms with Crippen molar-refractivity contribution >= 4 is 5.96 Å². The fourth-order valence-corrected chi connectivity index (χ4v) is 2.56. The number of benzene rings is 1. The van der Waals surface area contributed by atoms with E-state index in [9.17, 15) is 0 Å². The maximum Gasteiger partial charge on any atom is 0.191 e. The minimum Gasteiger partial charge on any atom is -0.497 e. The van der Waals surface area contributed by atoms with Gasteiger partial charge in [0.25, 0.3) is 0 Å². The highest BCUT2D eigenvalue weighted by Crippen LogP contribution is 2.11. The van der Waals surface area contributed by atoms with Crippen LogP contribution in [0.3, 0.4) is 0 Å². The Morgan fingerprint density at radius 1 is 1.04 bits per heavy atom. The van der Waals surface area contributed by atoms with Crippen molar-refractivity contribution in [1.82, 2.24) is 10.6 Å². The van der Waals surface area contributed by atoms with Gasteiger partial charge in [-0.25, -0.2) is 4.99 Å². The number of nitrogens with one attached hydrogen (secondary N) is 2. The molecular formula is C22H33N3O3. The highest BCUT2D eigenvalue weighted by molar-refractivity contribution is 5.79. The van der Waals surface area contributed by atoms with Crippen molar-refractivity contribution in [3.63, 3.8) is 0 Å². The number of guanidine groups is 1. The van der Waals surface area contributed by atoms with Crippen LogP contribution in [-0.2, 0) is 17.7 Å². The Hall–Kier alpha value is -2.47. The second-order valence-corrected chi connectivity index (χ2v) is 6.52. The summed E-state index contributed by atoms with van der Waals surface area (Å²) in [5.74, 6) is 2.62. The van der Waals surface area contributed by atoms with Gasteiger partial charge >= 0.3 is 0 Å². The van der Waals surface area contributed by atoms with E-state index < -0.39 is 0 Å². The van der Waals surface area contributed by atoms with Gasteiger partial charge in [0.1, 0.15) is 11.5 Å². The van der Waals surface area contributed by atoms with Crippen molar-refractivity contribution in [2.24, 2.45) is 4.99 Å². The van der Waals surface area contributed by atoms with Crippen LogP contribution in [0.5, 0.6) is 5.75 Å². The molecule has 6 heteroatoms. The largest absolute Gasteiger partial charge is 0.497 e. The average molecular weight is 388 g/mol. The Bertz CT molecular complexity index is 654. The molecule has 0 fully saturated rings. The quantitative estimate of drug-likeness (QED) is 0.311. The molecule has 1 aromatic carbocycles. The van der Waals surface area contributed by atoms with Crippen molar-refractivity contribution in [2.45, 2.75) is 39.2 Å². The van der Waals surface area contributed by atoms with Gasteiger partial charge in [-0.1, -0.05) is 25.5 Å². The second kappa shape index (κ2) is 13.7. The Morgan fingerprint density at radius 3 is 2.54 bits per heavy atom. The molecule has 2 aromatic rings. The first-order valence-electron chi connectivity index (χ1n) is 10.1. The van der Waals surface area contributed by atoms with Crippen LogP contribution >= 0.6 is 0 Å². The van der Waals surface area contributed by atoms with Crippen LogP contribution in [0.4, 0.5) is 0 Å². The van der Waals surface area contributed by atoms with Crippen molar-refractivity contribution in [3.05, 3.63) is 54.0 Å². The molecule has 0 aliphatic rings. The molecule has 0 aliphatic carbocycles. The molecule has 0 spiro atoms. The van der Waals surface area contributed by atoms with E-state index in [1.54, 1.807) is 13.4 Å². The summed E-state index contributed by atoms with van der Waals surface area (Å²) in [7, 11) is 1.67. The lowest BCUT2D eigenvalue weighted by Gasteiger charge is -2.12. The van der Waals surface area contributed by atoms with Gasteiger partial charge in [-0.05, 0) is 42.7 Å². The summed E-state index contributed by atoms with van der Waals surface area (Å²) in [6.07, 6.45) is 5.75. The summed E-state index contributed by atoms with van der Waals surface area (Å²) in [5.41, 5.74) is 1.14. The number of hydrogen-bond acceptors (Lipinski definition) is 4. The fraction of sp³-hybridized carbons (Fsp3) is 0.500. The van der Waals surface area contributed by atoms with Crippen LogP contribution in [0.1, 0.15) is 37.5 Å². The van der Waals surface area contributed by atoms with Crippen molar-refractivity contribution < 1.29 is 13.9 Å². The number of nitrogens with zero attached hydrogens (tertiary/aromatic N) is 1. The molecule has 1 aromatic heterocycles. The number of unbranched alkanes of at least 4 members (excludes halogenated alkanes) is 1. The third kappa shape index (κ3) is 8.95. The molecule has 0 amide bonds. The molecule has 0 saturated heterocycles. The topological polar surface area (TPSA) is 68.0 Å².